The van der Waals surface area contributed by atoms with E-state index in [1.54, 1.807) is 19.1 Å². The van der Waals surface area contributed by atoms with Crippen molar-refractivity contribution in [1.29, 1.82) is 0 Å². The van der Waals surface area contributed by atoms with Crippen molar-refractivity contribution < 1.29 is 19.1 Å². The number of likely N-dealkylation sites (tertiary alicyclic amines) is 1. The average Bonchev–Trinajstić information content (AvgIpc) is 3.48. The van der Waals surface area contributed by atoms with Gasteiger partial charge in [0.2, 0.25) is 5.91 Å². The molecule has 4 rings (SSSR count). The van der Waals surface area contributed by atoms with Crippen molar-refractivity contribution in [2.45, 2.75) is 38.3 Å². The monoisotopic (exact) mass is 451 g/mol. The summed E-state index contributed by atoms with van der Waals surface area (Å²) in [6.45, 7) is 4.46. The van der Waals surface area contributed by atoms with Crippen molar-refractivity contribution in [3.63, 3.8) is 0 Å². The van der Waals surface area contributed by atoms with Gasteiger partial charge < -0.3 is 24.6 Å². The van der Waals surface area contributed by atoms with E-state index in [1.807, 2.05) is 42.5 Å². The van der Waals surface area contributed by atoms with Crippen molar-refractivity contribution >= 4 is 11.8 Å². The van der Waals surface area contributed by atoms with Gasteiger partial charge >= 0.3 is 0 Å². The van der Waals surface area contributed by atoms with Gasteiger partial charge in [0.25, 0.3) is 5.91 Å². The molecule has 2 aromatic rings. The molecule has 7 heteroatoms. The number of ether oxygens (including phenoxy) is 2. The Bertz CT molecular complexity index is 987. The molecule has 0 aromatic heterocycles. The van der Waals surface area contributed by atoms with Gasteiger partial charge in [-0.3, -0.25) is 9.59 Å². The Hall–Kier alpha value is -3.06. The molecule has 1 atom stereocenters. The molecule has 1 saturated heterocycles. The van der Waals surface area contributed by atoms with Crippen LogP contribution in [0.3, 0.4) is 0 Å². The van der Waals surface area contributed by atoms with Crippen molar-refractivity contribution in [3.8, 4) is 11.5 Å². The Morgan fingerprint density at radius 2 is 1.82 bits per heavy atom. The third kappa shape index (κ3) is 5.30. The Balaban J connectivity index is 1.48. The highest BCUT2D eigenvalue weighted by Crippen LogP contribution is 2.37. The summed E-state index contributed by atoms with van der Waals surface area (Å²) in [4.78, 5) is 30.4. The van der Waals surface area contributed by atoms with Crippen LogP contribution >= 0.6 is 0 Å². The largest absolute Gasteiger partial charge is 0.493 e. The maximum atomic E-state index is 13.2. The maximum Gasteiger partial charge on any atom is 0.255 e. The Kier molecular flexibility index (Phi) is 7.50. The van der Waals surface area contributed by atoms with E-state index in [0.29, 0.717) is 30.2 Å². The first-order valence-corrected chi connectivity index (χ1v) is 11.7. The number of nitrogens with one attached hydrogen (secondary N) is 1. The Morgan fingerprint density at radius 1 is 1.06 bits per heavy atom. The van der Waals surface area contributed by atoms with Crippen LogP contribution in [-0.2, 0) is 11.3 Å². The van der Waals surface area contributed by atoms with E-state index in [2.05, 4.69) is 10.2 Å². The van der Waals surface area contributed by atoms with E-state index < -0.39 is 6.04 Å². The van der Waals surface area contributed by atoms with Crippen LogP contribution in [0.15, 0.2) is 42.5 Å². The normalized spacial score (nSPS) is 16.5. The van der Waals surface area contributed by atoms with Gasteiger partial charge in [-0.25, -0.2) is 0 Å². The van der Waals surface area contributed by atoms with Crippen molar-refractivity contribution in [1.82, 2.24) is 15.1 Å². The fourth-order valence-electron chi connectivity index (χ4n) is 4.78. The number of fused-ring (bicyclic) bond motifs is 1. The number of carbonyl (C=O) groups is 2. The van der Waals surface area contributed by atoms with Crippen LogP contribution in [-0.4, -0.2) is 62.0 Å². The van der Waals surface area contributed by atoms with Gasteiger partial charge in [0, 0.05) is 18.7 Å². The molecule has 2 aliphatic heterocycles. The van der Waals surface area contributed by atoms with Gasteiger partial charge in [-0.05, 0) is 68.2 Å². The summed E-state index contributed by atoms with van der Waals surface area (Å²) in [5, 5.41) is 3.06. The van der Waals surface area contributed by atoms with Crippen LogP contribution in [0.25, 0.3) is 0 Å². The summed E-state index contributed by atoms with van der Waals surface area (Å²) in [5.41, 5.74) is 2.54. The van der Waals surface area contributed by atoms with Gasteiger partial charge in [-0.1, -0.05) is 24.3 Å². The fraction of sp³-hybridized carbons (Fsp3) is 0.462. The van der Waals surface area contributed by atoms with E-state index in [-0.39, 0.29) is 18.2 Å². The quantitative estimate of drug-likeness (QED) is 0.561. The second-order valence-electron chi connectivity index (χ2n) is 8.68. The third-order valence-corrected chi connectivity index (χ3v) is 6.57. The summed E-state index contributed by atoms with van der Waals surface area (Å²) in [5.74, 6) is 1.09. The molecule has 0 radical (unpaired) electrons. The van der Waals surface area contributed by atoms with Crippen LogP contribution < -0.4 is 14.8 Å². The van der Waals surface area contributed by atoms with Crippen molar-refractivity contribution in [3.05, 3.63) is 59.2 Å². The Labute approximate surface area is 195 Å². The number of benzene rings is 2. The van der Waals surface area contributed by atoms with Gasteiger partial charge in [0.05, 0.1) is 26.7 Å². The average molecular weight is 452 g/mol. The number of nitrogens with zero attached hydrogens (tertiary/aromatic N) is 2. The number of hydrogen-bond donors (Lipinski definition) is 1. The SMILES string of the molecule is COc1ccc([C@H](CC(=O)NCCCN2CCCC2)N2Cc3ccccc3C2=O)cc1OC. The van der Waals surface area contributed by atoms with E-state index in [4.69, 9.17) is 9.47 Å². The van der Waals surface area contributed by atoms with Crippen molar-refractivity contribution in [2.75, 3.05) is 40.4 Å². The number of carbonyl (C=O) groups excluding carboxylic acids is 2. The zero-order valence-electron chi connectivity index (χ0n) is 19.5. The molecule has 2 amide bonds. The summed E-state index contributed by atoms with van der Waals surface area (Å²) in [7, 11) is 3.17. The zero-order chi connectivity index (χ0) is 23.2. The second kappa shape index (κ2) is 10.7. The van der Waals surface area contributed by atoms with Crippen LogP contribution in [0.4, 0.5) is 0 Å². The zero-order valence-corrected chi connectivity index (χ0v) is 19.5. The molecule has 0 spiro atoms. The lowest BCUT2D eigenvalue weighted by atomic mass is 10.0. The number of rotatable bonds is 10. The lowest BCUT2D eigenvalue weighted by Crippen LogP contribution is -2.35. The highest BCUT2D eigenvalue weighted by molar-refractivity contribution is 5.98. The highest BCUT2D eigenvalue weighted by atomic mass is 16.5. The second-order valence-corrected chi connectivity index (χ2v) is 8.68. The van der Waals surface area contributed by atoms with Gasteiger partial charge in [0.15, 0.2) is 11.5 Å². The van der Waals surface area contributed by atoms with E-state index in [9.17, 15) is 9.59 Å². The standard InChI is InChI=1S/C26H33N3O4/c1-32-23-11-10-19(16-24(23)33-2)22(29-18-20-8-3-4-9-21(20)26(29)31)17-25(30)27-12-7-15-28-13-5-6-14-28/h3-4,8-11,16,22H,5-7,12-15,17-18H2,1-2H3,(H,27,30)/t22-/m0/s1. The van der Waals surface area contributed by atoms with Gasteiger partial charge in [0.1, 0.15) is 0 Å². The predicted molar refractivity (Wildman–Crippen MR) is 127 cm³/mol. The molecule has 0 unspecified atom stereocenters. The minimum atomic E-state index is -0.400. The lowest BCUT2D eigenvalue weighted by molar-refractivity contribution is -0.122. The first kappa shape index (κ1) is 23.1. The molecule has 2 heterocycles. The first-order chi connectivity index (χ1) is 16.1. The molecular formula is C26H33N3O4. The minimum Gasteiger partial charge on any atom is -0.493 e. The first-order valence-electron chi connectivity index (χ1n) is 11.7. The Morgan fingerprint density at radius 3 is 2.55 bits per heavy atom. The predicted octanol–water partition coefficient (Wildman–Crippen LogP) is 3.39. The summed E-state index contributed by atoms with van der Waals surface area (Å²) < 4.78 is 10.8. The topological polar surface area (TPSA) is 71.1 Å². The lowest BCUT2D eigenvalue weighted by Gasteiger charge is -2.28. The summed E-state index contributed by atoms with van der Waals surface area (Å²) in [6, 6.07) is 12.8. The molecule has 1 N–H and O–H groups in total. The fourth-order valence-corrected chi connectivity index (χ4v) is 4.78. The molecule has 176 valence electrons. The molecule has 2 aromatic carbocycles. The van der Waals surface area contributed by atoms with E-state index in [0.717, 1.165) is 37.2 Å². The smallest absolute Gasteiger partial charge is 0.255 e. The van der Waals surface area contributed by atoms with Gasteiger partial charge in [-0.15, -0.1) is 0 Å². The summed E-state index contributed by atoms with van der Waals surface area (Å²) in [6.07, 6.45) is 3.66. The molecule has 33 heavy (non-hydrogen) atoms. The molecule has 0 aliphatic carbocycles. The molecule has 2 aliphatic rings. The minimum absolute atomic E-state index is 0.0489. The van der Waals surface area contributed by atoms with E-state index in [1.165, 1.54) is 12.8 Å². The third-order valence-electron chi connectivity index (χ3n) is 6.57. The van der Waals surface area contributed by atoms with Crippen LogP contribution in [0.5, 0.6) is 11.5 Å². The van der Waals surface area contributed by atoms with Crippen LogP contribution in [0.2, 0.25) is 0 Å². The maximum absolute atomic E-state index is 13.2. The van der Waals surface area contributed by atoms with Crippen LogP contribution in [0.1, 0.15) is 53.2 Å². The summed E-state index contributed by atoms with van der Waals surface area (Å²) >= 11 is 0. The molecule has 0 bridgehead atoms. The number of amides is 2. The molecule has 0 saturated carbocycles. The van der Waals surface area contributed by atoms with Gasteiger partial charge in [-0.2, -0.15) is 0 Å². The van der Waals surface area contributed by atoms with Crippen LogP contribution in [0, 0.1) is 0 Å². The molecule has 1 fully saturated rings. The number of hydrogen-bond acceptors (Lipinski definition) is 5. The van der Waals surface area contributed by atoms with Crippen molar-refractivity contribution in [2.24, 2.45) is 0 Å². The highest BCUT2D eigenvalue weighted by Gasteiger charge is 2.34. The number of methoxy groups -OCH3 is 2. The molecule has 7 nitrogen and oxygen atoms in total. The van der Waals surface area contributed by atoms with E-state index >= 15 is 0 Å². The molecular weight excluding hydrogens is 418 g/mol.